The summed E-state index contributed by atoms with van der Waals surface area (Å²) in [7, 11) is 2.14. The molecule has 0 saturated heterocycles. The molecule has 0 aliphatic heterocycles. The smallest absolute Gasteiger partial charge is 0.0423 e. The maximum Gasteiger partial charge on any atom is 0.0423 e. The van der Waals surface area contributed by atoms with Gasteiger partial charge in [-0.25, -0.2) is 0 Å². The van der Waals surface area contributed by atoms with Gasteiger partial charge in [-0.05, 0) is 30.0 Å². The second kappa shape index (κ2) is 5.40. The van der Waals surface area contributed by atoms with Crippen LogP contribution >= 0.6 is 15.9 Å². The minimum Gasteiger partial charge on any atom is -0.371 e. The predicted molar refractivity (Wildman–Crippen MR) is 79.4 cm³/mol. The number of nitrogens with two attached hydrogens (primary N) is 1. The fraction of sp³-hybridized carbons (Fsp3) is 0.571. The van der Waals surface area contributed by atoms with Gasteiger partial charge in [0, 0.05) is 29.8 Å². The Hall–Kier alpha value is -0.540. The fourth-order valence-corrected chi connectivity index (χ4v) is 2.18. The van der Waals surface area contributed by atoms with Crippen LogP contribution in [-0.4, -0.2) is 13.1 Å². The molecule has 0 aromatic heterocycles. The Kier molecular flexibility index (Phi) is 4.62. The van der Waals surface area contributed by atoms with Crippen molar-refractivity contribution >= 4 is 21.6 Å². The summed E-state index contributed by atoms with van der Waals surface area (Å²) in [5, 5.41) is 0. The molecule has 1 rings (SSSR count). The average Bonchev–Trinajstić information content (AvgIpc) is 2.25. The number of benzene rings is 1. The van der Waals surface area contributed by atoms with Crippen molar-refractivity contribution < 1.29 is 0 Å². The van der Waals surface area contributed by atoms with Gasteiger partial charge < -0.3 is 10.6 Å². The quantitative estimate of drug-likeness (QED) is 0.920. The highest BCUT2D eigenvalue weighted by Crippen LogP contribution is 2.31. The van der Waals surface area contributed by atoms with Gasteiger partial charge in [-0.3, -0.25) is 0 Å². The molecule has 0 aliphatic rings. The first-order valence-corrected chi connectivity index (χ1v) is 6.78. The second-order valence-corrected chi connectivity index (χ2v) is 6.55. The summed E-state index contributed by atoms with van der Waals surface area (Å²) in [5.74, 6) is 0. The highest BCUT2D eigenvalue weighted by Gasteiger charge is 2.25. The number of hydrogen-bond acceptors (Lipinski definition) is 2. The summed E-state index contributed by atoms with van der Waals surface area (Å²) in [4.78, 5) is 2.31. The first kappa shape index (κ1) is 14.5. The zero-order valence-electron chi connectivity index (χ0n) is 11.4. The molecule has 0 amide bonds. The summed E-state index contributed by atoms with van der Waals surface area (Å²) < 4.78 is 1.10. The van der Waals surface area contributed by atoms with Crippen LogP contribution in [0.2, 0.25) is 0 Å². The molecule has 0 spiro atoms. The van der Waals surface area contributed by atoms with Crippen molar-refractivity contribution in [3.8, 4) is 0 Å². The summed E-state index contributed by atoms with van der Waals surface area (Å²) in [6.07, 6.45) is 0. The molecular weight excluding hydrogens is 276 g/mol. The largest absolute Gasteiger partial charge is 0.371 e. The summed E-state index contributed by atoms with van der Waals surface area (Å²) in [6.45, 7) is 9.60. The zero-order valence-corrected chi connectivity index (χ0v) is 13.0. The third-order valence-corrected chi connectivity index (χ3v) is 3.97. The van der Waals surface area contributed by atoms with Crippen LogP contribution in [0.15, 0.2) is 22.7 Å². The Morgan fingerprint density at radius 1 is 1.35 bits per heavy atom. The van der Waals surface area contributed by atoms with Crippen molar-refractivity contribution in [2.75, 3.05) is 11.9 Å². The molecule has 2 nitrogen and oxygen atoms in total. The Morgan fingerprint density at radius 2 is 1.94 bits per heavy atom. The maximum atomic E-state index is 5.81. The molecule has 2 N–H and O–H groups in total. The van der Waals surface area contributed by atoms with Crippen molar-refractivity contribution in [2.24, 2.45) is 11.1 Å². The van der Waals surface area contributed by atoms with E-state index >= 15 is 0 Å². The van der Waals surface area contributed by atoms with Crippen LogP contribution in [0.5, 0.6) is 0 Å². The minimum atomic E-state index is 0.239. The molecule has 0 radical (unpaired) electrons. The van der Waals surface area contributed by atoms with Gasteiger partial charge in [-0.1, -0.05) is 42.8 Å². The minimum absolute atomic E-state index is 0.239. The molecule has 0 aliphatic carbocycles. The summed E-state index contributed by atoms with van der Waals surface area (Å²) in [6, 6.07) is 6.72. The molecule has 0 heterocycles. The predicted octanol–water partition coefficient (Wildman–Crippen LogP) is 3.78. The highest BCUT2D eigenvalue weighted by molar-refractivity contribution is 9.10. The van der Waals surface area contributed by atoms with Gasteiger partial charge in [0.15, 0.2) is 0 Å². The Labute approximate surface area is 113 Å². The summed E-state index contributed by atoms with van der Waals surface area (Å²) in [5.41, 5.74) is 8.44. The number of rotatable bonds is 3. The van der Waals surface area contributed by atoms with Crippen molar-refractivity contribution in [3.63, 3.8) is 0 Å². The molecule has 1 aromatic carbocycles. The van der Waals surface area contributed by atoms with Crippen molar-refractivity contribution in [2.45, 2.75) is 40.3 Å². The molecule has 0 bridgehead atoms. The number of anilines is 1. The van der Waals surface area contributed by atoms with Crippen LogP contribution in [0.1, 0.15) is 33.3 Å². The third kappa shape index (κ3) is 3.46. The summed E-state index contributed by atoms with van der Waals surface area (Å²) >= 11 is 3.53. The molecule has 0 saturated carbocycles. The van der Waals surface area contributed by atoms with Gasteiger partial charge in [0.05, 0.1) is 0 Å². The Morgan fingerprint density at radius 3 is 2.41 bits per heavy atom. The van der Waals surface area contributed by atoms with E-state index in [1.54, 1.807) is 0 Å². The van der Waals surface area contributed by atoms with Gasteiger partial charge in [0.2, 0.25) is 0 Å². The normalized spacial score (nSPS) is 13.6. The number of nitrogens with zero attached hydrogens (tertiary/aromatic N) is 1. The molecular formula is C14H23BrN2. The van der Waals surface area contributed by atoms with Gasteiger partial charge in [0.1, 0.15) is 0 Å². The van der Waals surface area contributed by atoms with E-state index in [0.717, 1.165) is 4.47 Å². The third-order valence-electron chi connectivity index (χ3n) is 3.48. The molecule has 96 valence electrons. The SMILES string of the molecule is CC(N(C)c1cc(Br)ccc1CN)C(C)(C)C. The lowest BCUT2D eigenvalue weighted by atomic mass is 9.86. The van der Waals surface area contributed by atoms with Gasteiger partial charge >= 0.3 is 0 Å². The number of hydrogen-bond donors (Lipinski definition) is 1. The Bertz CT molecular complexity index is 382. The van der Waals surface area contributed by atoms with Crippen LogP contribution in [0.4, 0.5) is 5.69 Å². The van der Waals surface area contributed by atoms with E-state index in [2.05, 4.69) is 67.7 Å². The van der Waals surface area contributed by atoms with Crippen LogP contribution in [0, 0.1) is 5.41 Å². The monoisotopic (exact) mass is 298 g/mol. The maximum absolute atomic E-state index is 5.81. The average molecular weight is 299 g/mol. The lowest BCUT2D eigenvalue weighted by Gasteiger charge is -2.37. The topological polar surface area (TPSA) is 29.3 Å². The van der Waals surface area contributed by atoms with Gasteiger partial charge in [-0.15, -0.1) is 0 Å². The van der Waals surface area contributed by atoms with Crippen molar-refractivity contribution in [3.05, 3.63) is 28.2 Å². The van der Waals surface area contributed by atoms with E-state index in [-0.39, 0.29) is 5.41 Å². The highest BCUT2D eigenvalue weighted by atomic mass is 79.9. The van der Waals surface area contributed by atoms with E-state index in [4.69, 9.17) is 5.73 Å². The first-order chi connectivity index (χ1) is 7.77. The molecule has 1 atom stereocenters. The molecule has 17 heavy (non-hydrogen) atoms. The molecule has 1 unspecified atom stereocenters. The number of halogens is 1. The van der Waals surface area contributed by atoms with E-state index in [1.807, 2.05) is 6.07 Å². The van der Waals surface area contributed by atoms with Crippen molar-refractivity contribution in [1.29, 1.82) is 0 Å². The van der Waals surface area contributed by atoms with E-state index < -0.39 is 0 Å². The van der Waals surface area contributed by atoms with Crippen LogP contribution in [-0.2, 0) is 6.54 Å². The van der Waals surface area contributed by atoms with Crippen LogP contribution < -0.4 is 10.6 Å². The van der Waals surface area contributed by atoms with E-state index in [0.29, 0.717) is 12.6 Å². The van der Waals surface area contributed by atoms with E-state index in [1.165, 1.54) is 11.3 Å². The van der Waals surface area contributed by atoms with Gasteiger partial charge in [0.25, 0.3) is 0 Å². The Balaban J connectivity index is 3.10. The lowest BCUT2D eigenvalue weighted by molar-refractivity contribution is 0.329. The standard InChI is InChI=1S/C14H23BrN2/c1-10(14(2,3)4)17(5)13-8-12(15)7-6-11(13)9-16/h6-8,10H,9,16H2,1-5H3. The van der Waals surface area contributed by atoms with Crippen LogP contribution in [0.25, 0.3) is 0 Å². The zero-order chi connectivity index (χ0) is 13.2. The lowest BCUT2D eigenvalue weighted by Crippen LogP contribution is -2.40. The molecule has 3 heteroatoms. The molecule has 0 fully saturated rings. The molecule has 1 aromatic rings. The first-order valence-electron chi connectivity index (χ1n) is 5.98. The van der Waals surface area contributed by atoms with Crippen molar-refractivity contribution in [1.82, 2.24) is 0 Å². The van der Waals surface area contributed by atoms with Gasteiger partial charge in [-0.2, -0.15) is 0 Å². The van der Waals surface area contributed by atoms with Crippen LogP contribution in [0.3, 0.4) is 0 Å². The van der Waals surface area contributed by atoms with E-state index in [9.17, 15) is 0 Å². The fourth-order valence-electron chi connectivity index (χ4n) is 1.83. The second-order valence-electron chi connectivity index (χ2n) is 5.63.